The van der Waals surface area contributed by atoms with Crippen molar-refractivity contribution in [3.63, 3.8) is 0 Å². The lowest BCUT2D eigenvalue weighted by Gasteiger charge is -2.23. The SMILES string of the molecule is COC=C1CCC(CCc2ccc(C#Cc3ccc(C)cc3)cc2)CC1. The number of hydrogen-bond donors (Lipinski definition) is 0. The fourth-order valence-corrected chi connectivity index (χ4v) is 3.53. The van der Waals surface area contributed by atoms with Gasteiger partial charge in [-0.15, -0.1) is 0 Å². The average Bonchev–Trinajstić information content (AvgIpc) is 2.68. The third-order valence-electron chi connectivity index (χ3n) is 5.23. The zero-order valence-electron chi connectivity index (χ0n) is 15.9. The Morgan fingerprint density at radius 3 is 2.08 bits per heavy atom. The molecule has 1 heteroatoms. The van der Waals surface area contributed by atoms with E-state index in [9.17, 15) is 0 Å². The molecule has 1 aliphatic rings. The first-order valence-electron chi connectivity index (χ1n) is 9.61. The summed E-state index contributed by atoms with van der Waals surface area (Å²) in [7, 11) is 1.74. The summed E-state index contributed by atoms with van der Waals surface area (Å²) in [5.41, 5.74) is 6.31. The smallest absolute Gasteiger partial charge is 0.0816 e. The summed E-state index contributed by atoms with van der Waals surface area (Å²) in [4.78, 5) is 0. The molecule has 0 heterocycles. The summed E-state index contributed by atoms with van der Waals surface area (Å²) >= 11 is 0. The highest BCUT2D eigenvalue weighted by Gasteiger charge is 2.16. The van der Waals surface area contributed by atoms with Crippen LogP contribution in [0.4, 0.5) is 0 Å². The number of hydrogen-bond acceptors (Lipinski definition) is 1. The van der Waals surface area contributed by atoms with Crippen LogP contribution < -0.4 is 0 Å². The molecule has 1 fully saturated rings. The monoisotopic (exact) mass is 344 g/mol. The molecular weight excluding hydrogens is 316 g/mol. The van der Waals surface area contributed by atoms with Crippen molar-refractivity contribution in [3.8, 4) is 11.8 Å². The van der Waals surface area contributed by atoms with Crippen molar-refractivity contribution < 1.29 is 4.74 Å². The van der Waals surface area contributed by atoms with Gasteiger partial charge in [0.1, 0.15) is 0 Å². The first-order chi connectivity index (χ1) is 12.7. The lowest BCUT2D eigenvalue weighted by molar-refractivity contribution is 0.317. The maximum Gasteiger partial charge on any atom is 0.0816 e. The van der Waals surface area contributed by atoms with E-state index in [2.05, 4.69) is 67.3 Å². The highest BCUT2D eigenvalue weighted by molar-refractivity contribution is 5.43. The Bertz CT molecular complexity index is 775. The number of methoxy groups -OCH3 is 1. The third kappa shape index (κ3) is 5.53. The van der Waals surface area contributed by atoms with Gasteiger partial charge in [-0.05, 0) is 86.8 Å². The molecule has 0 aliphatic heterocycles. The lowest BCUT2D eigenvalue weighted by atomic mass is 9.83. The summed E-state index contributed by atoms with van der Waals surface area (Å²) in [6.07, 6.45) is 9.39. The Morgan fingerprint density at radius 2 is 1.50 bits per heavy atom. The molecular formula is C25H28O. The normalized spacial score (nSPS) is 16.5. The van der Waals surface area contributed by atoms with Gasteiger partial charge in [0.15, 0.2) is 0 Å². The van der Waals surface area contributed by atoms with Crippen LogP contribution in [0.1, 0.15) is 54.4 Å². The molecule has 0 bridgehead atoms. The minimum Gasteiger partial charge on any atom is -0.504 e. The lowest BCUT2D eigenvalue weighted by Crippen LogP contribution is -2.09. The molecule has 0 spiro atoms. The summed E-state index contributed by atoms with van der Waals surface area (Å²) in [6, 6.07) is 17.1. The van der Waals surface area contributed by atoms with Crippen molar-refractivity contribution in [2.45, 2.75) is 45.4 Å². The molecule has 0 amide bonds. The topological polar surface area (TPSA) is 9.23 Å². The highest BCUT2D eigenvalue weighted by atomic mass is 16.5. The molecule has 1 nitrogen and oxygen atoms in total. The van der Waals surface area contributed by atoms with Crippen LogP contribution in [0.3, 0.4) is 0 Å². The van der Waals surface area contributed by atoms with Gasteiger partial charge in [-0.25, -0.2) is 0 Å². The average molecular weight is 344 g/mol. The van der Waals surface area contributed by atoms with Crippen LogP contribution in [-0.4, -0.2) is 7.11 Å². The quantitative estimate of drug-likeness (QED) is 0.485. The summed E-state index contributed by atoms with van der Waals surface area (Å²) in [6.45, 7) is 2.10. The number of rotatable bonds is 4. The number of ether oxygens (including phenoxy) is 1. The molecule has 2 aromatic carbocycles. The fraction of sp³-hybridized carbons (Fsp3) is 0.360. The van der Waals surface area contributed by atoms with E-state index in [0.29, 0.717) is 0 Å². The number of aryl methyl sites for hydroxylation is 2. The van der Waals surface area contributed by atoms with Crippen LogP contribution in [-0.2, 0) is 11.2 Å². The molecule has 2 aromatic rings. The first-order valence-corrected chi connectivity index (χ1v) is 9.61. The van der Waals surface area contributed by atoms with Gasteiger partial charge in [-0.2, -0.15) is 0 Å². The fourth-order valence-electron chi connectivity index (χ4n) is 3.53. The minimum atomic E-state index is 0.852. The van der Waals surface area contributed by atoms with Gasteiger partial charge in [0, 0.05) is 11.1 Å². The molecule has 0 saturated heterocycles. The molecule has 0 atom stereocenters. The maximum atomic E-state index is 5.14. The highest BCUT2D eigenvalue weighted by Crippen LogP contribution is 2.31. The Hall–Kier alpha value is -2.46. The zero-order chi connectivity index (χ0) is 18.2. The predicted octanol–water partition coefficient (Wildman–Crippen LogP) is 6.05. The standard InChI is InChI=1S/C25H28O/c1-20-3-5-21(6-4-20)7-8-22-9-11-23(12-10-22)13-14-24-15-17-25(18-16-24)19-26-2/h3-6,9-12,19,24H,13-18H2,1-2H3. The molecule has 0 N–H and O–H groups in total. The Morgan fingerprint density at radius 1 is 0.923 bits per heavy atom. The second-order valence-electron chi connectivity index (χ2n) is 7.31. The van der Waals surface area contributed by atoms with E-state index in [1.807, 2.05) is 6.26 Å². The summed E-state index contributed by atoms with van der Waals surface area (Å²) in [5.74, 6) is 7.35. The molecule has 3 rings (SSSR count). The van der Waals surface area contributed by atoms with Gasteiger partial charge in [0.25, 0.3) is 0 Å². The second-order valence-corrected chi connectivity index (χ2v) is 7.31. The predicted molar refractivity (Wildman–Crippen MR) is 109 cm³/mol. The summed E-state index contributed by atoms with van der Waals surface area (Å²) in [5, 5.41) is 0. The van der Waals surface area contributed by atoms with Crippen LogP contribution in [0.5, 0.6) is 0 Å². The molecule has 1 saturated carbocycles. The van der Waals surface area contributed by atoms with Crippen LogP contribution in [0.25, 0.3) is 0 Å². The zero-order valence-corrected chi connectivity index (χ0v) is 15.9. The van der Waals surface area contributed by atoms with Gasteiger partial charge in [0.2, 0.25) is 0 Å². The molecule has 0 aromatic heterocycles. The van der Waals surface area contributed by atoms with Gasteiger partial charge < -0.3 is 4.74 Å². The Labute approximate surface area is 158 Å². The molecule has 1 aliphatic carbocycles. The van der Waals surface area contributed by atoms with E-state index in [-0.39, 0.29) is 0 Å². The van der Waals surface area contributed by atoms with E-state index < -0.39 is 0 Å². The van der Waals surface area contributed by atoms with Gasteiger partial charge in [0.05, 0.1) is 13.4 Å². The van der Waals surface area contributed by atoms with Crippen molar-refractivity contribution >= 4 is 0 Å². The van der Waals surface area contributed by atoms with Crippen LogP contribution in [0.15, 0.2) is 60.4 Å². The second kappa shape index (κ2) is 9.30. The Balaban J connectivity index is 1.49. The molecule has 0 radical (unpaired) electrons. The van der Waals surface area contributed by atoms with Gasteiger partial charge in [-0.3, -0.25) is 0 Å². The maximum absolute atomic E-state index is 5.14. The van der Waals surface area contributed by atoms with Crippen molar-refractivity contribution in [2.24, 2.45) is 5.92 Å². The van der Waals surface area contributed by atoms with Gasteiger partial charge >= 0.3 is 0 Å². The Kier molecular flexibility index (Phi) is 6.56. The van der Waals surface area contributed by atoms with Crippen molar-refractivity contribution in [1.29, 1.82) is 0 Å². The largest absolute Gasteiger partial charge is 0.504 e. The first kappa shape index (κ1) is 18.3. The van der Waals surface area contributed by atoms with E-state index in [1.54, 1.807) is 7.11 Å². The number of benzene rings is 2. The van der Waals surface area contributed by atoms with E-state index in [1.165, 1.54) is 55.2 Å². The van der Waals surface area contributed by atoms with Crippen molar-refractivity contribution in [2.75, 3.05) is 7.11 Å². The van der Waals surface area contributed by atoms with Crippen LogP contribution in [0.2, 0.25) is 0 Å². The van der Waals surface area contributed by atoms with Crippen LogP contribution in [0, 0.1) is 24.7 Å². The van der Waals surface area contributed by atoms with Gasteiger partial charge in [-0.1, -0.05) is 41.7 Å². The van der Waals surface area contributed by atoms with Crippen LogP contribution >= 0.6 is 0 Å². The minimum absolute atomic E-state index is 0.852. The molecule has 26 heavy (non-hydrogen) atoms. The van der Waals surface area contributed by atoms with E-state index in [0.717, 1.165) is 17.0 Å². The van der Waals surface area contributed by atoms with Crippen molar-refractivity contribution in [3.05, 3.63) is 82.6 Å². The van der Waals surface area contributed by atoms with E-state index in [4.69, 9.17) is 4.74 Å². The van der Waals surface area contributed by atoms with Crippen molar-refractivity contribution in [1.82, 2.24) is 0 Å². The summed E-state index contributed by atoms with van der Waals surface area (Å²) < 4.78 is 5.14. The van der Waals surface area contributed by atoms with E-state index >= 15 is 0 Å². The molecule has 134 valence electrons. The molecule has 0 unspecified atom stereocenters. The third-order valence-corrected chi connectivity index (χ3v) is 5.23. The number of allylic oxidation sites excluding steroid dienone is 1.